The maximum atomic E-state index is 12.7. The van der Waals surface area contributed by atoms with Crippen molar-refractivity contribution in [3.05, 3.63) is 119 Å². The van der Waals surface area contributed by atoms with E-state index in [1.807, 2.05) is 92.0 Å². The van der Waals surface area contributed by atoms with Crippen molar-refractivity contribution in [2.45, 2.75) is 68.9 Å². The van der Waals surface area contributed by atoms with Gasteiger partial charge in [-0.3, -0.25) is 9.59 Å². The largest absolute Gasteiger partial charge is 0.397 e. The molecule has 1 aromatic heterocycles. The number of aromatic nitrogens is 4. The molecule has 2 amide bonds. The number of hydrogen-bond acceptors (Lipinski definition) is 10. The van der Waals surface area contributed by atoms with E-state index in [0.717, 1.165) is 33.4 Å². The van der Waals surface area contributed by atoms with Crippen LogP contribution in [-0.2, 0) is 39.3 Å². The summed E-state index contributed by atoms with van der Waals surface area (Å²) in [7, 11) is 1.81. The molecule has 5 N–H and O–H groups in total. The van der Waals surface area contributed by atoms with E-state index in [9.17, 15) is 14.7 Å². The van der Waals surface area contributed by atoms with Crippen molar-refractivity contribution in [3.63, 3.8) is 0 Å². The first-order valence-corrected chi connectivity index (χ1v) is 18.3. The predicted octanol–water partition coefficient (Wildman–Crippen LogP) is 6.10. The topological polar surface area (TPSA) is 167 Å². The number of carbonyl (C=O) groups excluding carboxylic acids is 2. The number of para-hydroxylation sites is 2. The van der Waals surface area contributed by atoms with Crippen molar-refractivity contribution >= 4 is 35.0 Å². The van der Waals surface area contributed by atoms with Gasteiger partial charge in [-0.05, 0) is 63.2 Å². The normalized spacial score (nSPS) is 17.1. The molecule has 2 heterocycles. The van der Waals surface area contributed by atoms with Crippen LogP contribution >= 0.6 is 11.8 Å². The minimum Gasteiger partial charge on any atom is -0.397 e. The van der Waals surface area contributed by atoms with Crippen molar-refractivity contribution in [1.82, 2.24) is 25.5 Å². The number of nitrogens with two attached hydrogens (primary N) is 1. The standard InChI is InChI=1S/C39H43N7O5S/c1-46-39(43-44-45-46)52-25-31-22-35(28-16-14-26(24-47)15-17-28)51-38(50-31)29-20-18-27(19-21-29)32-9-3-2-8-30(32)23-41-36(48)12-6-7-13-37(49)42-34-11-5-4-10-33(34)40/h2-5,8-11,14-21,31,35,38,47H,6-7,12-13,22-25,40H2,1H3,(H,41,48)(H,42,49). The second-order valence-corrected chi connectivity index (χ2v) is 13.6. The quantitative estimate of drug-likeness (QED) is 0.0563. The highest BCUT2D eigenvalue weighted by Gasteiger charge is 2.32. The van der Waals surface area contributed by atoms with Gasteiger partial charge >= 0.3 is 0 Å². The molecule has 0 radical (unpaired) electrons. The van der Waals surface area contributed by atoms with E-state index in [-0.39, 0.29) is 30.6 Å². The van der Waals surface area contributed by atoms with Crippen LogP contribution in [-0.4, -0.2) is 49.0 Å². The Morgan fingerprint density at radius 2 is 1.62 bits per heavy atom. The van der Waals surface area contributed by atoms with Crippen molar-refractivity contribution in [2.75, 3.05) is 16.8 Å². The third kappa shape index (κ3) is 9.82. The molecule has 5 aromatic rings. The van der Waals surface area contributed by atoms with E-state index < -0.39 is 6.29 Å². The molecule has 1 fully saturated rings. The van der Waals surface area contributed by atoms with E-state index in [4.69, 9.17) is 15.2 Å². The van der Waals surface area contributed by atoms with Crippen molar-refractivity contribution in [3.8, 4) is 11.1 Å². The van der Waals surface area contributed by atoms with Crippen LogP contribution in [0.2, 0.25) is 0 Å². The SMILES string of the molecule is Cn1nnnc1SCC1CC(c2ccc(CO)cc2)OC(c2ccc(-c3ccccc3CNC(=O)CCCCC(=O)Nc3ccccc3N)cc2)O1. The van der Waals surface area contributed by atoms with Gasteiger partial charge < -0.3 is 30.9 Å². The lowest BCUT2D eigenvalue weighted by Gasteiger charge is -2.36. The number of ether oxygens (including phenoxy) is 2. The van der Waals surface area contributed by atoms with Gasteiger partial charge in [0.05, 0.1) is 30.2 Å². The van der Waals surface area contributed by atoms with Gasteiger partial charge in [0.2, 0.25) is 17.0 Å². The van der Waals surface area contributed by atoms with E-state index in [1.165, 1.54) is 11.8 Å². The molecule has 3 atom stereocenters. The van der Waals surface area contributed by atoms with Crippen LogP contribution in [0.1, 0.15) is 66.8 Å². The highest BCUT2D eigenvalue weighted by atomic mass is 32.2. The number of amides is 2. The van der Waals surface area contributed by atoms with Gasteiger partial charge in [-0.1, -0.05) is 96.7 Å². The fourth-order valence-corrected chi connectivity index (χ4v) is 6.85. The summed E-state index contributed by atoms with van der Waals surface area (Å²) in [5, 5.41) is 27.9. The summed E-state index contributed by atoms with van der Waals surface area (Å²) in [6.45, 7) is 0.370. The Hall–Kier alpha value is -5.08. The molecule has 1 aliphatic rings. The minimum absolute atomic E-state index is 0.0155. The van der Waals surface area contributed by atoms with Crippen LogP contribution in [0.4, 0.5) is 11.4 Å². The lowest BCUT2D eigenvalue weighted by atomic mass is 9.97. The Bertz CT molecular complexity index is 1940. The van der Waals surface area contributed by atoms with E-state index in [0.29, 0.717) is 60.9 Å². The zero-order chi connectivity index (χ0) is 36.3. The molecule has 1 saturated heterocycles. The Balaban J connectivity index is 1.05. The first-order chi connectivity index (χ1) is 25.4. The van der Waals surface area contributed by atoms with Gasteiger partial charge in [0, 0.05) is 44.2 Å². The van der Waals surface area contributed by atoms with Gasteiger partial charge in [0.15, 0.2) is 6.29 Å². The number of nitrogens with zero attached hydrogens (tertiary/aromatic N) is 4. The molecule has 0 saturated carbocycles. The van der Waals surface area contributed by atoms with Gasteiger partial charge in [0.25, 0.3) is 0 Å². The van der Waals surface area contributed by atoms with Gasteiger partial charge in [-0.2, -0.15) is 0 Å². The summed E-state index contributed by atoms with van der Waals surface area (Å²) in [5.41, 5.74) is 12.8. The van der Waals surface area contributed by atoms with Gasteiger partial charge in [-0.25, -0.2) is 4.68 Å². The number of aryl methyl sites for hydroxylation is 1. The summed E-state index contributed by atoms with van der Waals surface area (Å²) in [6.07, 6.45) is 1.58. The Labute approximate surface area is 307 Å². The number of hydrogen-bond donors (Lipinski definition) is 4. The fraction of sp³-hybridized carbons (Fsp3) is 0.308. The van der Waals surface area contributed by atoms with E-state index in [1.54, 1.807) is 16.8 Å². The molecular formula is C39H43N7O5S. The van der Waals surface area contributed by atoms with Crippen molar-refractivity contribution in [2.24, 2.45) is 7.05 Å². The maximum absolute atomic E-state index is 12.7. The minimum atomic E-state index is -0.592. The average Bonchev–Trinajstić information content (AvgIpc) is 3.60. The van der Waals surface area contributed by atoms with Crippen LogP contribution in [0.15, 0.2) is 102 Å². The van der Waals surface area contributed by atoms with E-state index >= 15 is 0 Å². The average molecular weight is 722 g/mol. The Morgan fingerprint density at radius 1 is 0.904 bits per heavy atom. The number of rotatable bonds is 15. The number of aliphatic hydroxyl groups is 1. The molecular weight excluding hydrogens is 679 g/mol. The summed E-state index contributed by atoms with van der Waals surface area (Å²) in [6, 6.07) is 31.1. The van der Waals surface area contributed by atoms with Gasteiger partial charge in [-0.15, -0.1) is 5.10 Å². The molecule has 0 aliphatic carbocycles. The molecule has 3 unspecified atom stereocenters. The van der Waals surface area contributed by atoms with Crippen molar-refractivity contribution < 1.29 is 24.2 Å². The third-order valence-electron chi connectivity index (χ3n) is 8.87. The lowest BCUT2D eigenvalue weighted by Crippen LogP contribution is -2.31. The number of tetrazole rings is 1. The van der Waals surface area contributed by atoms with Crippen LogP contribution in [0, 0.1) is 0 Å². The monoisotopic (exact) mass is 721 g/mol. The number of nitrogen functional groups attached to an aromatic ring is 1. The number of nitrogens with one attached hydrogen (secondary N) is 2. The summed E-state index contributed by atoms with van der Waals surface area (Å²) < 4.78 is 14.7. The smallest absolute Gasteiger partial charge is 0.224 e. The van der Waals surface area contributed by atoms with Crippen LogP contribution in [0.5, 0.6) is 0 Å². The summed E-state index contributed by atoms with van der Waals surface area (Å²) >= 11 is 1.54. The first-order valence-electron chi connectivity index (χ1n) is 17.3. The second kappa shape index (κ2) is 17.9. The van der Waals surface area contributed by atoms with Gasteiger partial charge in [0.1, 0.15) is 0 Å². The number of thioether (sulfide) groups is 1. The number of anilines is 2. The Kier molecular flexibility index (Phi) is 12.6. The number of unbranched alkanes of at least 4 members (excludes halogenated alkanes) is 1. The number of carbonyl (C=O) groups is 2. The summed E-state index contributed by atoms with van der Waals surface area (Å²) in [4.78, 5) is 25.0. The molecule has 0 bridgehead atoms. The van der Waals surface area contributed by atoms with Crippen LogP contribution < -0.4 is 16.4 Å². The maximum Gasteiger partial charge on any atom is 0.224 e. The molecule has 6 rings (SSSR count). The first kappa shape index (κ1) is 36.7. The van der Waals surface area contributed by atoms with Crippen LogP contribution in [0.3, 0.4) is 0 Å². The molecule has 0 spiro atoms. The third-order valence-corrected chi connectivity index (χ3v) is 10.0. The highest BCUT2D eigenvalue weighted by Crippen LogP contribution is 2.40. The molecule has 270 valence electrons. The highest BCUT2D eigenvalue weighted by molar-refractivity contribution is 7.99. The zero-order valence-corrected chi connectivity index (χ0v) is 29.8. The lowest BCUT2D eigenvalue weighted by molar-refractivity contribution is -0.245. The molecule has 13 heteroatoms. The second-order valence-electron chi connectivity index (χ2n) is 12.6. The molecule has 1 aliphatic heterocycles. The zero-order valence-electron chi connectivity index (χ0n) is 29.0. The molecule has 12 nitrogen and oxygen atoms in total. The van der Waals surface area contributed by atoms with E-state index in [2.05, 4.69) is 26.2 Å². The molecule has 52 heavy (non-hydrogen) atoms. The fourth-order valence-electron chi connectivity index (χ4n) is 5.99. The molecule has 4 aromatic carbocycles. The number of benzene rings is 4. The number of aliphatic hydroxyl groups excluding tert-OH is 1. The summed E-state index contributed by atoms with van der Waals surface area (Å²) in [5.74, 6) is 0.464. The Morgan fingerprint density at radius 3 is 2.35 bits per heavy atom. The van der Waals surface area contributed by atoms with Crippen LogP contribution in [0.25, 0.3) is 11.1 Å². The predicted molar refractivity (Wildman–Crippen MR) is 200 cm³/mol. The van der Waals surface area contributed by atoms with Crippen molar-refractivity contribution in [1.29, 1.82) is 0 Å².